The van der Waals surface area contributed by atoms with Gasteiger partial charge in [-0.15, -0.1) is 0 Å². The molecule has 3 aromatic rings. The van der Waals surface area contributed by atoms with E-state index in [1.54, 1.807) is 18.6 Å². The van der Waals surface area contributed by atoms with Crippen LogP contribution in [-0.2, 0) is 6.42 Å². The number of H-pyrrole nitrogens is 1. The predicted molar refractivity (Wildman–Crippen MR) is 134 cm³/mol. The summed E-state index contributed by atoms with van der Waals surface area (Å²) in [6.45, 7) is 5.32. The van der Waals surface area contributed by atoms with Crippen molar-refractivity contribution in [3.8, 4) is 11.5 Å². The standard InChI is InChI=1S/C26H31F2N5O2/c1-4-33-7-5-19(6-8-33)30-15-18(12-29)16-9-20-17(14-32-26(20)31-13-16)10-21-24(27)22(34-2)11-23(35-3)25(21)28/h9,11-15,19H,4-8,10,29H2,1-3H3,(H,31,32). The number of piperidine rings is 1. The van der Waals surface area contributed by atoms with Gasteiger partial charge in [-0.2, -0.15) is 0 Å². The number of allylic oxidation sites excluding steroid dienone is 1. The second kappa shape index (κ2) is 10.9. The van der Waals surface area contributed by atoms with E-state index in [9.17, 15) is 8.78 Å². The molecule has 4 rings (SSSR count). The number of pyridine rings is 1. The van der Waals surface area contributed by atoms with Crippen molar-refractivity contribution in [2.24, 2.45) is 10.7 Å². The molecule has 0 bridgehead atoms. The van der Waals surface area contributed by atoms with Crippen LogP contribution in [0.4, 0.5) is 8.78 Å². The summed E-state index contributed by atoms with van der Waals surface area (Å²) in [5.41, 5.74) is 8.60. The zero-order valence-corrected chi connectivity index (χ0v) is 20.3. The minimum absolute atomic E-state index is 0.0118. The summed E-state index contributed by atoms with van der Waals surface area (Å²) in [6.07, 6.45) is 8.74. The molecule has 2 aromatic heterocycles. The molecule has 0 spiro atoms. The number of hydrogen-bond acceptors (Lipinski definition) is 6. The fraction of sp³-hybridized carbons (Fsp3) is 0.385. The molecule has 1 aliphatic heterocycles. The van der Waals surface area contributed by atoms with Gasteiger partial charge in [0.1, 0.15) is 5.65 Å². The van der Waals surface area contributed by atoms with E-state index < -0.39 is 11.6 Å². The maximum atomic E-state index is 14.9. The van der Waals surface area contributed by atoms with Gasteiger partial charge in [0, 0.05) is 72.5 Å². The Morgan fingerprint density at radius 2 is 1.89 bits per heavy atom. The normalized spacial score (nSPS) is 15.9. The van der Waals surface area contributed by atoms with E-state index in [1.165, 1.54) is 26.5 Å². The third kappa shape index (κ3) is 5.14. The van der Waals surface area contributed by atoms with Gasteiger partial charge in [-0.25, -0.2) is 13.8 Å². The lowest BCUT2D eigenvalue weighted by Gasteiger charge is -2.28. The average Bonchev–Trinajstić information content (AvgIpc) is 3.29. The lowest BCUT2D eigenvalue weighted by Crippen LogP contribution is -2.35. The molecule has 35 heavy (non-hydrogen) atoms. The molecular weight excluding hydrogens is 452 g/mol. The number of ether oxygens (including phenoxy) is 2. The van der Waals surface area contributed by atoms with Crippen molar-refractivity contribution in [3.05, 3.63) is 59.1 Å². The Balaban J connectivity index is 1.62. The highest BCUT2D eigenvalue weighted by Crippen LogP contribution is 2.34. The number of aliphatic imine (C=N–C) groups is 1. The van der Waals surface area contributed by atoms with Gasteiger partial charge in [0.2, 0.25) is 0 Å². The average molecular weight is 484 g/mol. The number of rotatable bonds is 8. The summed E-state index contributed by atoms with van der Waals surface area (Å²) in [7, 11) is 2.66. The minimum Gasteiger partial charge on any atom is -0.494 e. The summed E-state index contributed by atoms with van der Waals surface area (Å²) in [4.78, 5) is 14.7. The molecule has 0 saturated carbocycles. The number of nitrogens with one attached hydrogen (secondary N) is 1. The molecule has 0 aliphatic carbocycles. The molecule has 0 unspecified atom stereocenters. The van der Waals surface area contributed by atoms with Gasteiger partial charge in [-0.05, 0) is 31.0 Å². The van der Waals surface area contributed by atoms with E-state index in [4.69, 9.17) is 20.2 Å². The smallest absolute Gasteiger partial charge is 0.171 e. The topological polar surface area (TPSA) is 88.8 Å². The summed E-state index contributed by atoms with van der Waals surface area (Å²) >= 11 is 0. The highest BCUT2D eigenvalue weighted by atomic mass is 19.1. The molecule has 7 nitrogen and oxygen atoms in total. The molecule has 1 saturated heterocycles. The number of nitrogens with zero attached hydrogens (tertiary/aromatic N) is 3. The molecule has 3 heterocycles. The summed E-state index contributed by atoms with van der Waals surface area (Å²) < 4.78 is 40.0. The Kier molecular flexibility index (Phi) is 7.65. The molecule has 1 aromatic carbocycles. The quantitative estimate of drug-likeness (QED) is 0.467. The van der Waals surface area contributed by atoms with Crippen LogP contribution in [0, 0.1) is 11.6 Å². The van der Waals surface area contributed by atoms with Gasteiger partial charge in [0.05, 0.1) is 20.3 Å². The third-order valence-corrected chi connectivity index (χ3v) is 6.59. The van der Waals surface area contributed by atoms with Gasteiger partial charge >= 0.3 is 0 Å². The van der Waals surface area contributed by atoms with Crippen molar-refractivity contribution in [1.29, 1.82) is 0 Å². The number of hydrogen-bond donors (Lipinski definition) is 2. The Morgan fingerprint density at radius 1 is 1.20 bits per heavy atom. The van der Waals surface area contributed by atoms with Crippen LogP contribution in [0.2, 0.25) is 0 Å². The van der Waals surface area contributed by atoms with Crippen LogP contribution >= 0.6 is 0 Å². The largest absolute Gasteiger partial charge is 0.494 e. The Bertz CT molecular complexity index is 1220. The first kappa shape index (κ1) is 24.7. The number of aromatic amines is 1. The fourth-order valence-corrected chi connectivity index (χ4v) is 4.43. The van der Waals surface area contributed by atoms with E-state index in [0.29, 0.717) is 11.2 Å². The number of likely N-dealkylation sites (tertiary alicyclic amines) is 1. The highest BCUT2D eigenvalue weighted by molar-refractivity contribution is 6.10. The SMILES string of the molecule is CCN1CCC(N=CC(=CN)c2cnc3[nH]cc(Cc4c(F)c(OC)cc(OC)c4F)c3c2)CC1. The Morgan fingerprint density at radius 3 is 2.49 bits per heavy atom. The first-order valence-corrected chi connectivity index (χ1v) is 11.7. The van der Waals surface area contributed by atoms with Gasteiger partial charge in [-0.1, -0.05) is 6.92 Å². The molecule has 3 N–H and O–H groups in total. The van der Waals surface area contributed by atoms with Crippen LogP contribution in [0.3, 0.4) is 0 Å². The van der Waals surface area contributed by atoms with Crippen LogP contribution in [0.25, 0.3) is 16.6 Å². The van der Waals surface area contributed by atoms with Crippen molar-refractivity contribution < 1.29 is 18.3 Å². The molecule has 0 atom stereocenters. The molecular formula is C26H31F2N5O2. The maximum Gasteiger partial charge on any atom is 0.171 e. The number of halogens is 2. The van der Waals surface area contributed by atoms with Crippen LogP contribution in [-0.4, -0.2) is 61.0 Å². The maximum absolute atomic E-state index is 14.9. The molecule has 1 fully saturated rings. The second-order valence-corrected chi connectivity index (χ2v) is 8.56. The van der Waals surface area contributed by atoms with Crippen molar-refractivity contribution >= 4 is 22.8 Å². The van der Waals surface area contributed by atoms with E-state index >= 15 is 0 Å². The summed E-state index contributed by atoms with van der Waals surface area (Å²) in [6, 6.07) is 3.37. The third-order valence-electron chi connectivity index (χ3n) is 6.59. The number of aromatic nitrogens is 2. The van der Waals surface area contributed by atoms with Gasteiger partial charge in [-0.3, -0.25) is 4.99 Å². The van der Waals surface area contributed by atoms with E-state index in [2.05, 4.69) is 21.8 Å². The number of nitrogens with two attached hydrogens (primary N) is 1. The Hall–Kier alpha value is -3.46. The lowest BCUT2D eigenvalue weighted by atomic mass is 10.0. The van der Waals surface area contributed by atoms with E-state index in [0.717, 1.165) is 49.0 Å². The van der Waals surface area contributed by atoms with Crippen LogP contribution in [0.15, 0.2) is 35.7 Å². The van der Waals surface area contributed by atoms with Crippen molar-refractivity contribution in [3.63, 3.8) is 0 Å². The number of benzene rings is 1. The lowest BCUT2D eigenvalue weighted by molar-refractivity contribution is 0.224. The molecule has 0 amide bonds. The second-order valence-electron chi connectivity index (χ2n) is 8.56. The summed E-state index contributed by atoms with van der Waals surface area (Å²) in [5.74, 6) is -1.67. The monoisotopic (exact) mass is 483 g/mol. The molecule has 186 valence electrons. The van der Waals surface area contributed by atoms with Crippen LogP contribution in [0.5, 0.6) is 11.5 Å². The van der Waals surface area contributed by atoms with E-state index in [1.807, 2.05) is 6.07 Å². The zero-order valence-electron chi connectivity index (χ0n) is 20.3. The van der Waals surface area contributed by atoms with Gasteiger partial charge in [0.15, 0.2) is 23.1 Å². The summed E-state index contributed by atoms with van der Waals surface area (Å²) in [5, 5.41) is 0.743. The fourth-order valence-electron chi connectivity index (χ4n) is 4.43. The first-order valence-electron chi connectivity index (χ1n) is 11.7. The Labute approximate surface area is 203 Å². The number of fused-ring (bicyclic) bond motifs is 1. The van der Waals surface area contributed by atoms with Gasteiger partial charge < -0.3 is 25.1 Å². The predicted octanol–water partition coefficient (Wildman–Crippen LogP) is 4.30. The van der Waals surface area contributed by atoms with Gasteiger partial charge in [0.25, 0.3) is 0 Å². The first-order chi connectivity index (χ1) is 17.0. The zero-order chi connectivity index (χ0) is 24.9. The molecule has 9 heteroatoms. The van der Waals surface area contributed by atoms with Crippen LogP contribution < -0.4 is 15.2 Å². The van der Waals surface area contributed by atoms with Crippen molar-refractivity contribution in [1.82, 2.24) is 14.9 Å². The van der Waals surface area contributed by atoms with Crippen LogP contribution in [0.1, 0.15) is 36.5 Å². The number of methoxy groups -OCH3 is 2. The van der Waals surface area contributed by atoms with E-state index in [-0.39, 0.29) is 29.5 Å². The minimum atomic E-state index is -0.756. The van der Waals surface area contributed by atoms with Crippen molar-refractivity contribution in [2.45, 2.75) is 32.2 Å². The highest BCUT2D eigenvalue weighted by Gasteiger charge is 2.22. The molecule has 1 aliphatic rings. The molecule has 0 radical (unpaired) electrons. The van der Waals surface area contributed by atoms with Crippen molar-refractivity contribution in [2.75, 3.05) is 33.9 Å².